The van der Waals surface area contributed by atoms with Crippen molar-refractivity contribution in [2.75, 3.05) is 19.6 Å². The van der Waals surface area contributed by atoms with Gasteiger partial charge in [-0.15, -0.1) is 0 Å². The van der Waals surface area contributed by atoms with Gasteiger partial charge in [-0.2, -0.15) is 0 Å². The summed E-state index contributed by atoms with van der Waals surface area (Å²) in [6, 6.07) is 7.38. The van der Waals surface area contributed by atoms with Crippen molar-refractivity contribution in [3.63, 3.8) is 0 Å². The monoisotopic (exact) mass is 218 g/mol. The minimum Gasteiger partial charge on any atom is -0.329 e. The van der Waals surface area contributed by atoms with Crippen LogP contribution in [-0.2, 0) is 0 Å². The number of nitrogens with zero attached hydrogens (tertiary/aromatic N) is 1. The maximum absolute atomic E-state index is 5.67. The van der Waals surface area contributed by atoms with E-state index in [1.54, 1.807) is 0 Å². The quantitative estimate of drug-likeness (QED) is 0.844. The lowest BCUT2D eigenvalue weighted by molar-refractivity contribution is 0.264. The maximum Gasteiger partial charge on any atom is 0.0351 e. The molecule has 0 aromatic heterocycles. The highest BCUT2D eigenvalue weighted by Gasteiger charge is 2.26. The summed E-state index contributed by atoms with van der Waals surface area (Å²) in [5.74, 6) is 0. The van der Waals surface area contributed by atoms with Gasteiger partial charge in [-0.1, -0.05) is 23.8 Å². The fourth-order valence-corrected chi connectivity index (χ4v) is 2.73. The minimum atomic E-state index is 0.600. The number of benzene rings is 1. The Morgan fingerprint density at radius 3 is 2.94 bits per heavy atom. The standard InChI is InChI=1S/C14H22N2/c1-11-5-6-12(2)13(10-11)14-4-3-8-16(14)9-7-15/h5-6,10,14H,3-4,7-9,15H2,1-2H3. The normalized spacial score (nSPS) is 21.6. The average Bonchev–Trinajstić information content (AvgIpc) is 2.70. The van der Waals surface area contributed by atoms with E-state index in [9.17, 15) is 0 Å². The van der Waals surface area contributed by atoms with Crippen LogP contribution in [0.1, 0.15) is 35.6 Å². The Kier molecular flexibility index (Phi) is 3.62. The van der Waals surface area contributed by atoms with Crippen LogP contribution in [0.3, 0.4) is 0 Å². The lowest BCUT2D eigenvalue weighted by Crippen LogP contribution is -2.29. The van der Waals surface area contributed by atoms with Crippen LogP contribution in [0, 0.1) is 13.8 Å². The molecule has 88 valence electrons. The molecule has 1 fully saturated rings. The molecule has 0 radical (unpaired) electrons. The molecule has 16 heavy (non-hydrogen) atoms. The lowest BCUT2D eigenvalue weighted by Gasteiger charge is -2.25. The first kappa shape index (κ1) is 11.6. The molecule has 0 saturated carbocycles. The van der Waals surface area contributed by atoms with E-state index in [0.29, 0.717) is 6.04 Å². The lowest BCUT2D eigenvalue weighted by atomic mass is 9.97. The van der Waals surface area contributed by atoms with Gasteiger partial charge in [0.05, 0.1) is 0 Å². The predicted molar refractivity (Wildman–Crippen MR) is 68.5 cm³/mol. The Hall–Kier alpha value is -0.860. The van der Waals surface area contributed by atoms with Crippen LogP contribution >= 0.6 is 0 Å². The second-order valence-electron chi connectivity index (χ2n) is 4.84. The first-order chi connectivity index (χ1) is 7.72. The van der Waals surface area contributed by atoms with Gasteiger partial charge in [-0.3, -0.25) is 4.90 Å². The molecule has 1 saturated heterocycles. The predicted octanol–water partition coefficient (Wildman–Crippen LogP) is 2.40. The molecule has 1 atom stereocenters. The third-order valence-corrected chi connectivity index (χ3v) is 3.57. The smallest absolute Gasteiger partial charge is 0.0351 e. The van der Waals surface area contributed by atoms with Gasteiger partial charge in [0.15, 0.2) is 0 Å². The summed E-state index contributed by atoms with van der Waals surface area (Å²) in [6.45, 7) is 7.38. The van der Waals surface area contributed by atoms with Crippen LogP contribution in [0.4, 0.5) is 0 Å². The molecule has 1 aliphatic heterocycles. The topological polar surface area (TPSA) is 29.3 Å². The second kappa shape index (κ2) is 4.98. The first-order valence-electron chi connectivity index (χ1n) is 6.23. The van der Waals surface area contributed by atoms with Gasteiger partial charge in [-0.05, 0) is 44.4 Å². The van der Waals surface area contributed by atoms with Crippen LogP contribution in [0.5, 0.6) is 0 Å². The summed E-state index contributed by atoms with van der Waals surface area (Å²) in [5.41, 5.74) is 9.96. The summed E-state index contributed by atoms with van der Waals surface area (Å²) in [5, 5.41) is 0. The van der Waals surface area contributed by atoms with Crippen LogP contribution in [0.15, 0.2) is 18.2 Å². The number of hydrogen-bond donors (Lipinski definition) is 1. The van der Waals surface area contributed by atoms with E-state index in [1.807, 2.05) is 0 Å². The fraction of sp³-hybridized carbons (Fsp3) is 0.571. The summed E-state index contributed by atoms with van der Waals surface area (Å²) in [4.78, 5) is 2.53. The van der Waals surface area contributed by atoms with E-state index in [4.69, 9.17) is 5.73 Å². The molecular formula is C14H22N2. The molecule has 2 nitrogen and oxygen atoms in total. The molecule has 2 N–H and O–H groups in total. The molecule has 0 amide bonds. The van der Waals surface area contributed by atoms with Gasteiger partial charge in [0.25, 0.3) is 0 Å². The Labute approximate surface area is 98.4 Å². The number of hydrogen-bond acceptors (Lipinski definition) is 2. The number of aryl methyl sites for hydroxylation is 2. The zero-order chi connectivity index (χ0) is 11.5. The molecule has 0 bridgehead atoms. The highest BCUT2D eigenvalue weighted by molar-refractivity contribution is 5.33. The summed E-state index contributed by atoms with van der Waals surface area (Å²) in [6.07, 6.45) is 2.59. The molecule has 1 aliphatic rings. The Morgan fingerprint density at radius 2 is 2.19 bits per heavy atom. The van der Waals surface area contributed by atoms with Crippen molar-refractivity contribution in [3.8, 4) is 0 Å². The van der Waals surface area contributed by atoms with Crippen LogP contribution in [0.2, 0.25) is 0 Å². The Balaban J connectivity index is 2.25. The van der Waals surface area contributed by atoms with Crippen LogP contribution in [0.25, 0.3) is 0 Å². The fourth-order valence-electron chi connectivity index (χ4n) is 2.73. The van der Waals surface area contributed by atoms with E-state index in [2.05, 4.69) is 36.9 Å². The maximum atomic E-state index is 5.67. The van der Waals surface area contributed by atoms with Crippen LogP contribution < -0.4 is 5.73 Å². The highest BCUT2D eigenvalue weighted by Crippen LogP contribution is 2.33. The third kappa shape index (κ3) is 2.28. The minimum absolute atomic E-state index is 0.600. The molecule has 2 rings (SSSR count). The van der Waals surface area contributed by atoms with Gasteiger partial charge in [0.2, 0.25) is 0 Å². The van der Waals surface area contributed by atoms with Crippen LogP contribution in [-0.4, -0.2) is 24.5 Å². The highest BCUT2D eigenvalue weighted by atomic mass is 15.2. The molecule has 0 spiro atoms. The zero-order valence-electron chi connectivity index (χ0n) is 10.4. The van der Waals surface area contributed by atoms with E-state index in [-0.39, 0.29) is 0 Å². The summed E-state index contributed by atoms with van der Waals surface area (Å²) >= 11 is 0. The third-order valence-electron chi connectivity index (χ3n) is 3.57. The van der Waals surface area contributed by atoms with Crippen molar-refractivity contribution in [1.82, 2.24) is 4.90 Å². The van der Waals surface area contributed by atoms with Gasteiger partial charge >= 0.3 is 0 Å². The molecule has 1 aromatic carbocycles. The molecule has 0 aliphatic carbocycles. The summed E-state index contributed by atoms with van der Waals surface area (Å²) < 4.78 is 0. The Morgan fingerprint density at radius 1 is 1.38 bits per heavy atom. The molecule has 1 heterocycles. The van der Waals surface area contributed by atoms with Gasteiger partial charge in [0.1, 0.15) is 0 Å². The number of likely N-dealkylation sites (tertiary alicyclic amines) is 1. The van der Waals surface area contributed by atoms with Crippen molar-refractivity contribution < 1.29 is 0 Å². The van der Waals surface area contributed by atoms with E-state index in [0.717, 1.165) is 13.1 Å². The van der Waals surface area contributed by atoms with Gasteiger partial charge < -0.3 is 5.73 Å². The Bertz CT molecular complexity index is 360. The van der Waals surface area contributed by atoms with Crippen molar-refractivity contribution in [1.29, 1.82) is 0 Å². The number of rotatable bonds is 3. The van der Waals surface area contributed by atoms with E-state index < -0.39 is 0 Å². The second-order valence-corrected chi connectivity index (χ2v) is 4.84. The average molecular weight is 218 g/mol. The zero-order valence-corrected chi connectivity index (χ0v) is 10.4. The van der Waals surface area contributed by atoms with Crippen molar-refractivity contribution in [3.05, 3.63) is 34.9 Å². The molecule has 1 aromatic rings. The SMILES string of the molecule is Cc1ccc(C)c(C2CCCN2CCN)c1. The molecule has 2 heteroatoms. The first-order valence-corrected chi connectivity index (χ1v) is 6.23. The van der Waals surface area contributed by atoms with E-state index in [1.165, 1.54) is 36.1 Å². The van der Waals surface area contributed by atoms with Gasteiger partial charge in [0, 0.05) is 19.1 Å². The van der Waals surface area contributed by atoms with E-state index >= 15 is 0 Å². The van der Waals surface area contributed by atoms with Crippen molar-refractivity contribution in [2.24, 2.45) is 5.73 Å². The van der Waals surface area contributed by atoms with Crippen molar-refractivity contribution >= 4 is 0 Å². The summed E-state index contributed by atoms with van der Waals surface area (Å²) in [7, 11) is 0. The molecular weight excluding hydrogens is 196 g/mol. The van der Waals surface area contributed by atoms with Gasteiger partial charge in [-0.25, -0.2) is 0 Å². The number of nitrogens with two attached hydrogens (primary N) is 1. The molecule has 1 unspecified atom stereocenters. The van der Waals surface area contributed by atoms with Crippen molar-refractivity contribution in [2.45, 2.75) is 32.7 Å². The largest absolute Gasteiger partial charge is 0.329 e.